The summed E-state index contributed by atoms with van der Waals surface area (Å²) in [7, 11) is 0. The fraction of sp³-hybridized carbons (Fsp3) is 1.00. The molecule has 0 saturated heterocycles. The maximum atomic E-state index is 2.51. The van der Waals surface area contributed by atoms with E-state index in [1.54, 1.807) is 0 Å². The third-order valence-electron chi connectivity index (χ3n) is 5.59. The van der Waals surface area contributed by atoms with Gasteiger partial charge in [-0.15, -0.1) is 0 Å². The molecule has 0 heterocycles. The van der Waals surface area contributed by atoms with Crippen molar-refractivity contribution in [3.05, 3.63) is 0 Å². The molecule has 0 nitrogen and oxygen atoms in total. The Kier molecular flexibility index (Phi) is 3.90. The highest BCUT2D eigenvalue weighted by Gasteiger charge is 2.57. The Morgan fingerprint density at radius 3 is 2.07 bits per heavy atom. The van der Waals surface area contributed by atoms with Gasteiger partial charge in [-0.2, -0.15) is 0 Å². The van der Waals surface area contributed by atoms with Crippen LogP contribution >= 0.6 is 0 Å². The largest absolute Gasteiger partial charge is 0.0654 e. The highest BCUT2D eigenvalue weighted by molar-refractivity contribution is 5.06. The van der Waals surface area contributed by atoms with E-state index in [1.165, 1.54) is 32.1 Å². The van der Waals surface area contributed by atoms with Gasteiger partial charge >= 0.3 is 0 Å². The van der Waals surface area contributed by atoms with Gasteiger partial charge in [-0.3, -0.25) is 0 Å². The molecule has 3 atom stereocenters. The molecule has 0 aromatic carbocycles. The maximum absolute atomic E-state index is 2.51. The third kappa shape index (κ3) is 2.40. The van der Waals surface area contributed by atoms with Crippen LogP contribution < -0.4 is 0 Å². The van der Waals surface area contributed by atoms with Crippen LogP contribution in [0.3, 0.4) is 0 Å². The second-order valence-electron chi connectivity index (χ2n) is 6.37. The lowest BCUT2D eigenvalue weighted by atomic mass is 9.78. The molecular formula is C15H30. The lowest BCUT2D eigenvalue weighted by Crippen LogP contribution is -2.16. The zero-order valence-electron chi connectivity index (χ0n) is 11.7. The van der Waals surface area contributed by atoms with E-state index < -0.39 is 0 Å². The smallest absolute Gasteiger partial charge is 0.0266 e. The van der Waals surface area contributed by atoms with Crippen molar-refractivity contribution >= 4 is 0 Å². The Morgan fingerprint density at radius 2 is 1.67 bits per heavy atom. The summed E-state index contributed by atoms with van der Waals surface area (Å²) in [5.41, 5.74) is 1.28. The lowest BCUT2D eigenvalue weighted by molar-refractivity contribution is 0.237. The summed E-state index contributed by atoms with van der Waals surface area (Å²) >= 11 is 0. The molecule has 15 heavy (non-hydrogen) atoms. The van der Waals surface area contributed by atoms with Crippen molar-refractivity contribution in [3.8, 4) is 0 Å². The molecular weight excluding hydrogens is 180 g/mol. The van der Waals surface area contributed by atoms with Gasteiger partial charge in [0.25, 0.3) is 0 Å². The quantitative estimate of drug-likeness (QED) is 0.560. The van der Waals surface area contributed by atoms with Crippen molar-refractivity contribution in [1.29, 1.82) is 0 Å². The van der Waals surface area contributed by atoms with Crippen molar-refractivity contribution < 1.29 is 0 Å². The second kappa shape index (κ2) is 4.47. The predicted octanol–water partition coefficient (Wildman–Crippen LogP) is 5.28. The Balaban J connectivity index is 2.55. The summed E-state index contributed by atoms with van der Waals surface area (Å²) in [6.45, 7) is 14.5. The van der Waals surface area contributed by atoms with Crippen LogP contribution in [0.4, 0.5) is 0 Å². The SMILES string of the molecule is CCCC1(C)C(C)C1CC(C)(CC)CC. The second-order valence-corrected chi connectivity index (χ2v) is 6.37. The fourth-order valence-corrected chi connectivity index (χ4v) is 3.34. The predicted molar refractivity (Wildman–Crippen MR) is 69.0 cm³/mol. The van der Waals surface area contributed by atoms with E-state index in [2.05, 4.69) is 41.5 Å². The lowest BCUT2D eigenvalue weighted by Gasteiger charge is -2.27. The average molecular weight is 210 g/mol. The normalized spacial score (nSPS) is 35.6. The first-order valence-corrected chi connectivity index (χ1v) is 6.93. The van der Waals surface area contributed by atoms with Crippen molar-refractivity contribution in [2.45, 2.75) is 73.6 Å². The zero-order chi connectivity index (χ0) is 11.7. The van der Waals surface area contributed by atoms with Gasteiger partial charge in [-0.25, -0.2) is 0 Å². The molecule has 1 rings (SSSR count). The summed E-state index contributed by atoms with van der Waals surface area (Å²) < 4.78 is 0. The van der Waals surface area contributed by atoms with Crippen LogP contribution in [0.25, 0.3) is 0 Å². The Hall–Kier alpha value is 0. The number of hydrogen-bond acceptors (Lipinski definition) is 0. The van der Waals surface area contributed by atoms with Crippen LogP contribution in [-0.2, 0) is 0 Å². The minimum atomic E-state index is 0.602. The minimum Gasteiger partial charge on any atom is -0.0654 e. The number of rotatable bonds is 6. The van der Waals surface area contributed by atoms with E-state index in [0.29, 0.717) is 10.8 Å². The van der Waals surface area contributed by atoms with Gasteiger partial charge in [0.2, 0.25) is 0 Å². The van der Waals surface area contributed by atoms with E-state index in [1.807, 2.05) is 0 Å². The van der Waals surface area contributed by atoms with Gasteiger partial charge in [0, 0.05) is 0 Å². The van der Waals surface area contributed by atoms with E-state index in [4.69, 9.17) is 0 Å². The van der Waals surface area contributed by atoms with Gasteiger partial charge in [0.15, 0.2) is 0 Å². The molecule has 0 radical (unpaired) electrons. The molecule has 1 aliphatic rings. The summed E-state index contributed by atoms with van der Waals surface area (Å²) in [5, 5.41) is 0. The van der Waals surface area contributed by atoms with Crippen molar-refractivity contribution in [1.82, 2.24) is 0 Å². The molecule has 0 heteroatoms. The summed E-state index contributed by atoms with van der Waals surface area (Å²) in [6, 6.07) is 0. The molecule has 0 aromatic heterocycles. The summed E-state index contributed by atoms with van der Waals surface area (Å²) in [5.74, 6) is 1.97. The van der Waals surface area contributed by atoms with Gasteiger partial charge in [0.05, 0.1) is 0 Å². The van der Waals surface area contributed by atoms with Crippen LogP contribution in [0.15, 0.2) is 0 Å². The Labute approximate surface area is 96.8 Å². The van der Waals surface area contributed by atoms with Gasteiger partial charge in [-0.05, 0) is 35.5 Å². The molecule has 0 aromatic rings. The highest BCUT2D eigenvalue weighted by atomic mass is 14.6. The molecule has 0 spiro atoms. The van der Waals surface area contributed by atoms with Crippen LogP contribution in [0.1, 0.15) is 73.6 Å². The molecule has 1 fully saturated rings. The van der Waals surface area contributed by atoms with Crippen LogP contribution in [0.5, 0.6) is 0 Å². The molecule has 0 aliphatic heterocycles. The van der Waals surface area contributed by atoms with Gasteiger partial charge in [0.1, 0.15) is 0 Å². The fourth-order valence-electron chi connectivity index (χ4n) is 3.34. The standard InChI is InChI=1S/C15H30/c1-7-10-15(6)12(4)13(15)11-14(5,8-2)9-3/h12-13H,7-11H2,1-6H3. The first kappa shape index (κ1) is 13.1. The maximum Gasteiger partial charge on any atom is -0.0266 e. The highest BCUT2D eigenvalue weighted by Crippen LogP contribution is 2.65. The minimum absolute atomic E-state index is 0.602. The van der Waals surface area contributed by atoms with Crippen molar-refractivity contribution in [2.24, 2.45) is 22.7 Å². The van der Waals surface area contributed by atoms with Crippen molar-refractivity contribution in [3.63, 3.8) is 0 Å². The first-order chi connectivity index (χ1) is 6.93. The molecule has 1 saturated carbocycles. The first-order valence-electron chi connectivity index (χ1n) is 6.93. The van der Waals surface area contributed by atoms with E-state index in [0.717, 1.165) is 11.8 Å². The van der Waals surface area contributed by atoms with Crippen LogP contribution in [0.2, 0.25) is 0 Å². The topological polar surface area (TPSA) is 0 Å². The monoisotopic (exact) mass is 210 g/mol. The average Bonchev–Trinajstić information content (AvgIpc) is 2.71. The van der Waals surface area contributed by atoms with Crippen molar-refractivity contribution in [2.75, 3.05) is 0 Å². The third-order valence-corrected chi connectivity index (χ3v) is 5.59. The van der Waals surface area contributed by atoms with E-state index >= 15 is 0 Å². The molecule has 90 valence electrons. The summed E-state index contributed by atoms with van der Waals surface area (Å²) in [6.07, 6.45) is 6.93. The molecule has 3 unspecified atom stereocenters. The Bertz CT molecular complexity index is 202. The van der Waals surface area contributed by atoms with Gasteiger partial charge < -0.3 is 0 Å². The van der Waals surface area contributed by atoms with E-state index in [-0.39, 0.29) is 0 Å². The number of hydrogen-bond donors (Lipinski definition) is 0. The van der Waals surface area contributed by atoms with E-state index in [9.17, 15) is 0 Å². The van der Waals surface area contributed by atoms with Crippen LogP contribution in [0, 0.1) is 22.7 Å². The molecule has 0 N–H and O–H groups in total. The molecule has 1 aliphatic carbocycles. The Morgan fingerprint density at radius 1 is 1.13 bits per heavy atom. The molecule has 0 amide bonds. The summed E-state index contributed by atoms with van der Waals surface area (Å²) in [4.78, 5) is 0. The van der Waals surface area contributed by atoms with Gasteiger partial charge in [-0.1, -0.05) is 60.8 Å². The molecule has 0 bridgehead atoms. The zero-order valence-corrected chi connectivity index (χ0v) is 11.7. The van der Waals surface area contributed by atoms with Crippen LogP contribution in [-0.4, -0.2) is 0 Å².